The lowest BCUT2D eigenvalue weighted by Gasteiger charge is -2.10. The van der Waals surface area contributed by atoms with Gasteiger partial charge in [0.05, 0.1) is 0 Å². The van der Waals surface area contributed by atoms with Gasteiger partial charge >= 0.3 is 0 Å². The quantitative estimate of drug-likeness (QED) is 0.517. The molecule has 0 saturated heterocycles. The van der Waals surface area contributed by atoms with E-state index < -0.39 is 0 Å². The van der Waals surface area contributed by atoms with E-state index in [-0.39, 0.29) is 0 Å². The molecule has 21 heavy (non-hydrogen) atoms. The normalized spacial score (nSPS) is 11.3. The molecule has 4 aromatic rings. The Morgan fingerprint density at radius 1 is 1.10 bits per heavy atom. The molecule has 4 rings (SSSR count). The van der Waals surface area contributed by atoms with E-state index in [1.165, 1.54) is 0 Å². The van der Waals surface area contributed by atoms with E-state index in [0.29, 0.717) is 0 Å². The van der Waals surface area contributed by atoms with Crippen molar-refractivity contribution >= 4 is 28.3 Å². The lowest BCUT2D eigenvalue weighted by Crippen LogP contribution is -1.95. The summed E-state index contributed by atoms with van der Waals surface area (Å²) in [5.74, 6) is 0. The van der Waals surface area contributed by atoms with Gasteiger partial charge in [-0.25, -0.2) is 9.97 Å². The lowest BCUT2D eigenvalue weighted by molar-refractivity contribution is 1.15. The smallest absolute Gasteiger partial charge is 0.146 e. The van der Waals surface area contributed by atoms with E-state index in [1.807, 2.05) is 41.8 Å². The highest BCUT2D eigenvalue weighted by atomic mass is 35.5. The number of benzene rings is 1. The van der Waals surface area contributed by atoms with E-state index in [0.717, 1.165) is 38.5 Å². The van der Waals surface area contributed by atoms with Crippen LogP contribution in [0.2, 0.25) is 5.02 Å². The van der Waals surface area contributed by atoms with Gasteiger partial charge in [0.25, 0.3) is 0 Å². The van der Waals surface area contributed by atoms with Crippen LogP contribution in [0.15, 0.2) is 54.9 Å². The summed E-state index contributed by atoms with van der Waals surface area (Å²) in [6.07, 6.45) is 3.73. The molecule has 0 aliphatic rings. The molecular weight excluding hydrogens is 282 g/mol. The SMILES string of the molecule is Cc1ccc2c(-c3cccc(Cl)c3)cc3nccn3c2n1. The number of hydrogen-bond donors (Lipinski definition) is 0. The first-order chi connectivity index (χ1) is 10.2. The second-order valence-corrected chi connectivity index (χ2v) is 5.48. The summed E-state index contributed by atoms with van der Waals surface area (Å²) in [4.78, 5) is 9.07. The number of nitrogens with zero attached hydrogens (tertiary/aromatic N) is 3. The van der Waals surface area contributed by atoms with Crippen LogP contribution in [0.1, 0.15) is 5.69 Å². The zero-order valence-electron chi connectivity index (χ0n) is 11.4. The highest BCUT2D eigenvalue weighted by Crippen LogP contribution is 2.31. The van der Waals surface area contributed by atoms with Crippen LogP contribution in [-0.4, -0.2) is 14.4 Å². The molecule has 102 valence electrons. The van der Waals surface area contributed by atoms with Gasteiger partial charge in [0.1, 0.15) is 11.3 Å². The van der Waals surface area contributed by atoms with Crippen LogP contribution >= 0.6 is 11.6 Å². The lowest BCUT2D eigenvalue weighted by atomic mass is 10.0. The number of halogens is 1. The first-order valence-electron chi connectivity index (χ1n) is 6.72. The molecule has 0 aliphatic carbocycles. The molecule has 1 aromatic carbocycles. The number of aryl methyl sites for hydroxylation is 1. The van der Waals surface area contributed by atoms with Crippen molar-refractivity contribution in [2.75, 3.05) is 0 Å². The number of rotatable bonds is 1. The van der Waals surface area contributed by atoms with Gasteiger partial charge in [0.2, 0.25) is 0 Å². The summed E-state index contributed by atoms with van der Waals surface area (Å²) >= 11 is 6.13. The number of fused-ring (bicyclic) bond motifs is 3. The van der Waals surface area contributed by atoms with Crippen LogP contribution in [0.4, 0.5) is 0 Å². The topological polar surface area (TPSA) is 30.2 Å². The molecule has 3 nitrogen and oxygen atoms in total. The molecule has 3 heterocycles. The van der Waals surface area contributed by atoms with Crippen LogP contribution in [-0.2, 0) is 0 Å². The van der Waals surface area contributed by atoms with Crippen LogP contribution < -0.4 is 0 Å². The number of imidazole rings is 1. The first kappa shape index (κ1) is 12.4. The summed E-state index contributed by atoms with van der Waals surface area (Å²) in [5, 5.41) is 1.82. The van der Waals surface area contributed by atoms with E-state index >= 15 is 0 Å². The van der Waals surface area contributed by atoms with Gasteiger partial charge in [-0.05, 0) is 48.4 Å². The average Bonchev–Trinajstić information content (AvgIpc) is 2.95. The van der Waals surface area contributed by atoms with E-state index in [2.05, 4.69) is 28.2 Å². The molecule has 0 N–H and O–H groups in total. The van der Waals surface area contributed by atoms with Crippen LogP contribution in [0.5, 0.6) is 0 Å². The fraction of sp³-hybridized carbons (Fsp3) is 0.0588. The maximum Gasteiger partial charge on any atom is 0.146 e. The molecule has 0 fully saturated rings. The van der Waals surface area contributed by atoms with Gasteiger partial charge in [-0.1, -0.05) is 23.7 Å². The van der Waals surface area contributed by atoms with Crippen molar-refractivity contribution in [2.45, 2.75) is 6.92 Å². The van der Waals surface area contributed by atoms with E-state index in [4.69, 9.17) is 11.6 Å². The van der Waals surface area contributed by atoms with Gasteiger partial charge in [-0.2, -0.15) is 0 Å². The molecule has 0 spiro atoms. The Labute approximate surface area is 126 Å². The number of aromatic nitrogens is 3. The molecule has 0 bridgehead atoms. The Balaban J connectivity index is 2.16. The standard InChI is InChI=1S/C17H12ClN3/c1-11-5-6-14-15(12-3-2-4-13(18)9-12)10-16-19-7-8-21(16)17(14)20-11/h2-10H,1H3. The van der Waals surface area contributed by atoms with Gasteiger partial charge in [0.15, 0.2) is 0 Å². The molecule has 0 amide bonds. The Kier molecular flexibility index (Phi) is 2.69. The maximum absolute atomic E-state index is 6.13. The van der Waals surface area contributed by atoms with Crippen LogP contribution in [0.3, 0.4) is 0 Å². The minimum atomic E-state index is 0.726. The second-order valence-electron chi connectivity index (χ2n) is 5.05. The van der Waals surface area contributed by atoms with Crippen LogP contribution in [0.25, 0.3) is 27.8 Å². The minimum Gasteiger partial charge on any atom is -0.284 e. The van der Waals surface area contributed by atoms with Crippen molar-refractivity contribution in [3.05, 3.63) is 65.6 Å². The third-order valence-corrected chi connectivity index (χ3v) is 3.85. The Bertz CT molecular complexity index is 972. The van der Waals surface area contributed by atoms with Crippen molar-refractivity contribution in [1.82, 2.24) is 14.4 Å². The Morgan fingerprint density at radius 2 is 2.00 bits per heavy atom. The maximum atomic E-state index is 6.13. The molecule has 4 heteroatoms. The first-order valence-corrected chi connectivity index (χ1v) is 7.09. The van der Waals surface area contributed by atoms with Crippen molar-refractivity contribution in [2.24, 2.45) is 0 Å². The summed E-state index contributed by atoms with van der Waals surface area (Å²) in [6.45, 7) is 1.99. The van der Waals surface area contributed by atoms with Crippen molar-refractivity contribution in [3.63, 3.8) is 0 Å². The fourth-order valence-electron chi connectivity index (χ4n) is 2.64. The molecule has 0 radical (unpaired) electrons. The predicted octanol–water partition coefficient (Wildman–Crippen LogP) is 4.51. The zero-order chi connectivity index (χ0) is 14.4. The number of hydrogen-bond acceptors (Lipinski definition) is 2. The number of pyridine rings is 2. The molecule has 0 unspecified atom stereocenters. The van der Waals surface area contributed by atoms with Gasteiger partial charge in [0, 0.05) is 28.5 Å². The molecular formula is C17H12ClN3. The predicted molar refractivity (Wildman–Crippen MR) is 85.7 cm³/mol. The van der Waals surface area contributed by atoms with E-state index in [1.54, 1.807) is 6.20 Å². The largest absolute Gasteiger partial charge is 0.284 e. The summed E-state index contributed by atoms with van der Waals surface area (Å²) in [5.41, 5.74) is 4.96. The Hall–Kier alpha value is -2.39. The van der Waals surface area contributed by atoms with E-state index in [9.17, 15) is 0 Å². The zero-order valence-corrected chi connectivity index (χ0v) is 12.2. The van der Waals surface area contributed by atoms with Crippen molar-refractivity contribution in [3.8, 4) is 11.1 Å². The second kappa shape index (κ2) is 4.57. The monoisotopic (exact) mass is 293 g/mol. The Morgan fingerprint density at radius 3 is 2.86 bits per heavy atom. The van der Waals surface area contributed by atoms with Gasteiger partial charge in [-0.3, -0.25) is 4.40 Å². The molecule has 0 atom stereocenters. The molecule has 0 saturated carbocycles. The minimum absolute atomic E-state index is 0.726. The summed E-state index contributed by atoms with van der Waals surface area (Å²) in [7, 11) is 0. The van der Waals surface area contributed by atoms with Gasteiger partial charge in [-0.15, -0.1) is 0 Å². The summed E-state index contributed by atoms with van der Waals surface area (Å²) < 4.78 is 2.01. The highest BCUT2D eigenvalue weighted by Gasteiger charge is 2.10. The molecule has 3 aromatic heterocycles. The highest BCUT2D eigenvalue weighted by molar-refractivity contribution is 6.30. The fourth-order valence-corrected chi connectivity index (χ4v) is 2.83. The summed E-state index contributed by atoms with van der Waals surface area (Å²) in [6, 6.07) is 14.1. The molecule has 0 aliphatic heterocycles. The third-order valence-electron chi connectivity index (χ3n) is 3.61. The van der Waals surface area contributed by atoms with Crippen molar-refractivity contribution < 1.29 is 0 Å². The van der Waals surface area contributed by atoms with Crippen molar-refractivity contribution in [1.29, 1.82) is 0 Å². The van der Waals surface area contributed by atoms with Gasteiger partial charge < -0.3 is 0 Å². The van der Waals surface area contributed by atoms with Crippen LogP contribution in [0, 0.1) is 6.92 Å². The average molecular weight is 294 g/mol. The third kappa shape index (κ3) is 1.98.